The van der Waals surface area contributed by atoms with Crippen LogP contribution in [0.3, 0.4) is 0 Å². The summed E-state index contributed by atoms with van der Waals surface area (Å²) >= 11 is 0. The second-order valence-electron chi connectivity index (χ2n) is 5.51. The molecule has 0 bridgehead atoms. The van der Waals surface area contributed by atoms with E-state index in [4.69, 9.17) is 5.73 Å². The zero-order valence-corrected chi connectivity index (χ0v) is 11.4. The van der Waals surface area contributed by atoms with E-state index in [2.05, 4.69) is 34.4 Å². The van der Waals surface area contributed by atoms with Gasteiger partial charge in [-0.15, -0.1) is 0 Å². The van der Waals surface area contributed by atoms with E-state index in [0.717, 1.165) is 23.5 Å². The topological polar surface area (TPSA) is 75.9 Å². The molecule has 0 radical (unpaired) electrons. The average Bonchev–Trinajstić information content (AvgIpc) is 2.26. The summed E-state index contributed by atoms with van der Waals surface area (Å²) in [6, 6.07) is 2.39. The SMILES string of the molecule is CNc1cc(NC2CC(C)CC(C)C2)nc(N)n1. The number of hydrogen-bond acceptors (Lipinski definition) is 5. The highest BCUT2D eigenvalue weighted by Crippen LogP contribution is 2.30. The van der Waals surface area contributed by atoms with Gasteiger partial charge < -0.3 is 16.4 Å². The van der Waals surface area contributed by atoms with E-state index >= 15 is 0 Å². The Labute approximate surface area is 109 Å². The van der Waals surface area contributed by atoms with Crippen molar-refractivity contribution in [3.05, 3.63) is 6.07 Å². The lowest BCUT2D eigenvalue weighted by Crippen LogP contribution is -2.30. The summed E-state index contributed by atoms with van der Waals surface area (Å²) in [6.45, 7) is 4.63. The lowest BCUT2D eigenvalue weighted by molar-refractivity contribution is 0.280. The van der Waals surface area contributed by atoms with Crippen molar-refractivity contribution in [2.45, 2.75) is 39.2 Å². The van der Waals surface area contributed by atoms with Gasteiger partial charge in [-0.05, 0) is 31.1 Å². The minimum atomic E-state index is 0.307. The van der Waals surface area contributed by atoms with E-state index in [1.807, 2.05) is 13.1 Å². The Bertz CT molecular complexity index is 396. The van der Waals surface area contributed by atoms with Crippen LogP contribution in [0.4, 0.5) is 17.6 Å². The number of hydrogen-bond donors (Lipinski definition) is 3. The Morgan fingerprint density at radius 1 is 1.11 bits per heavy atom. The number of anilines is 3. The summed E-state index contributed by atoms with van der Waals surface area (Å²) in [5, 5.41) is 6.48. The van der Waals surface area contributed by atoms with Crippen molar-refractivity contribution >= 4 is 17.6 Å². The lowest BCUT2D eigenvalue weighted by atomic mass is 9.80. The van der Waals surface area contributed by atoms with Gasteiger partial charge in [0.1, 0.15) is 11.6 Å². The lowest BCUT2D eigenvalue weighted by Gasteiger charge is -2.32. The molecule has 0 aromatic carbocycles. The summed E-state index contributed by atoms with van der Waals surface area (Å²) in [7, 11) is 1.83. The van der Waals surface area contributed by atoms with E-state index in [9.17, 15) is 0 Å². The number of aromatic nitrogens is 2. The molecule has 0 saturated heterocycles. The molecule has 1 aliphatic carbocycles. The molecule has 1 aromatic heterocycles. The van der Waals surface area contributed by atoms with Crippen molar-refractivity contribution in [3.8, 4) is 0 Å². The number of rotatable bonds is 3. The predicted molar refractivity (Wildman–Crippen MR) is 75.6 cm³/mol. The highest BCUT2D eigenvalue weighted by molar-refractivity contribution is 5.51. The number of nitrogens with zero attached hydrogens (tertiary/aromatic N) is 2. The maximum Gasteiger partial charge on any atom is 0.223 e. The second kappa shape index (κ2) is 5.42. The fourth-order valence-corrected chi connectivity index (χ4v) is 2.94. The van der Waals surface area contributed by atoms with Crippen LogP contribution in [-0.2, 0) is 0 Å². The Hall–Kier alpha value is -1.52. The Kier molecular flexibility index (Phi) is 3.89. The highest BCUT2D eigenvalue weighted by atomic mass is 15.1. The van der Waals surface area contributed by atoms with Gasteiger partial charge in [0.2, 0.25) is 5.95 Å². The van der Waals surface area contributed by atoms with Crippen LogP contribution in [0.1, 0.15) is 33.1 Å². The number of nitrogens with two attached hydrogens (primary N) is 1. The molecule has 0 amide bonds. The minimum absolute atomic E-state index is 0.307. The minimum Gasteiger partial charge on any atom is -0.373 e. The van der Waals surface area contributed by atoms with E-state index in [1.54, 1.807) is 0 Å². The fraction of sp³-hybridized carbons (Fsp3) is 0.692. The summed E-state index contributed by atoms with van der Waals surface area (Å²) in [4.78, 5) is 8.33. The third-order valence-electron chi connectivity index (χ3n) is 3.53. The van der Waals surface area contributed by atoms with Crippen molar-refractivity contribution < 1.29 is 0 Å². The van der Waals surface area contributed by atoms with Gasteiger partial charge in [-0.1, -0.05) is 13.8 Å². The van der Waals surface area contributed by atoms with Crippen LogP contribution in [-0.4, -0.2) is 23.1 Å². The fourth-order valence-electron chi connectivity index (χ4n) is 2.94. The molecule has 2 atom stereocenters. The largest absolute Gasteiger partial charge is 0.373 e. The van der Waals surface area contributed by atoms with Gasteiger partial charge in [0.25, 0.3) is 0 Å². The smallest absolute Gasteiger partial charge is 0.223 e. The molecule has 5 heteroatoms. The maximum atomic E-state index is 5.69. The van der Waals surface area contributed by atoms with Crippen molar-refractivity contribution in [1.82, 2.24) is 9.97 Å². The molecular weight excluding hydrogens is 226 g/mol. The molecule has 0 spiro atoms. The van der Waals surface area contributed by atoms with Crippen LogP contribution < -0.4 is 16.4 Å². The van der Waals surface area contributed by atoms with Gasteiger partial charge >= 0.3 is 0 Å². The van der Waals surface area contributed by atoms with E-state index in [1.165, 1.54) is 19.3 Å². The maximum absolute atomic E-state index is 5.69. The zero-order chi connectivity index (χ0) is 13.1. The van der Waals surface area contributed by atoms with Crippen LogP contribution in [0.15, 0.2) is 6.07 Å². The van der Waals surface area contributed by atoms with Gasteiger partial charge in [-0.25, -0.2) is 0 Å². The molecule has 0 aliphatic heterocycles. The van der Waals surface area contributed by atoms with E-state index < -0.39 is 0 Å². The van der Waals surface area contributed by atoms with Crippen LogP contribution in [0.5, 0.6) is 0 Å². The molecule has 1 aromatic rings. The van der Waals surface area contributed by atoms with Crippen molar-refractivity contribution in [1.29, 1.82) is 0 Å². The van der Waals surface area contributed by atoms with Gasteiger partial charge in [-0.2, -0.15) is 9.97 Å². The van der Waals surface area contributed by atoms with E-state index in [-0.39, 0.29) is 0 Å². The number of nitrogen functional groups attached to an aromatic ring is 1. The molecule has 18 heavy (non-hydrogen) atoms. The van der Waals surface area contributed by atoms with Crippen molar-refractivity contribution in [2.24, 2.45) is 11.8 Å². The van der Waals surface area contributed by atoms with Crippen LogP contribution in [0.25, 0.3) is 0 Å². The summed E-state index contributed by atoms with van der Waals surface area (Å²) in [5.41, 5.74) is 5.69. The second-order valence-corrected chi connectivity index (χ2v) is 5.51. The van der Waals surface area contributed by atoms with Crippen LogP contribution >= 0.6 is 0 Å². The highest BCUT2D eigenvalue weighted by Gasteiger charge is 2.24. The third kappa shape index (κ3) is 3.24. The van der Waals surface area contributed by atoms with Crippen LogP contribution in [0.2, 0.25) is 0 Å². The molecular formula is C13H23N5. The van der Waals surface area contributed by atoms with Crippen molar-refractivity contribution in [2.75, 3.05) is 23.4 Å². The molecule has 2 rings (SSSR count). The molecule has 5 nitrogen and oxygen atoms in total. The average molecular weight is 249 g/mol. The van der Waals surface area contributed by atoms with Crippen LogP contribution in [0, 0.1) is 11.8 Å². The third-order valence-corrected chi connectivity index (χ3v) is 3.53. The molecule has 100 valence electrons. The van der Waals surface area contributed by atoms with Gasteiger partial charge in [-0.3, -0.25) is 0 Å². The first-order valence-corrected chi connectivity index (χ1v) is 6.65. The first-order chi connectivity index (χ1) is 8.56. The van der Waals surface area contributed by atoms with Gasteiger partial charge in [0, 0.05) is 19.2 Å². The normalized spacial score (nSPS) is 27.8. The molecule has 1 heterocycles. The molecule has 1 saturated carbocycles. The summed E-state index contributed by atoms with van der Waals surface area (Å²) in [5.74, 6) is 3.42. The molecule has 1 aliphatic rings. The standard InChI is InChI=1S/C13H23N5/c1-8-4-9(2)6-10(5-8)16-12-7-11(15-3)17-13(14)18-12/h7-10H,4-6H2,1-3H3,(H4,14,15,16,17,18). The number of nitrogens with one attached hydrogen (secondary N) is 2. The Balaban J connectivity index is 2.06. The summed E-state index contributed by atoms with van der Waals surface area (Å²) < 4.78 is 0. The van der Waals surface area contributed by atoms with Gasteiger partial charge in [0.05, 0.1) is 0 Å². The van der Waals surface area contributed by atoms with Crippen molar-refractivity contribution in [3.63, 3.8) is 0 Å². The van der Waals surface area contributed by atoms with Gasteiger partial charge in [0.15, 0.2) is 0 Å². The molecule has 4 N–H and O–H groups in total. The quantitative estimate of drug-likeness (QED) is 0.766. The first kappa shape index (κ1) is 12.9. The monoisotopic (exact) mass is 249 g/mol. The first-order valence-electron chi connectivity index (χ1n) is 6.65. The zero-order valence-electron chi connectivity index (χ0n) is 11.4. The predicted octanol–water partition coefficient (Wildman–Crippen LogP) is 2.34. The Morgan fingerprint density at radius 3 is 2.33 bits per heavy atom. The van der Waals surface area contributed by atoms with E-state index in [0.29, 0.717) is 12.0 Å². The Morgan fingerprint density at radius 2 is 1.72 bits per heavy atom. The molecule has 1 fully saturated rings. The summed E-state index contributed by atoms with van der Waals surface area (Å²) in [6.07, 6.45) is 3.72. The molecule has 2 unspecified atom stereocenters.